The van der Waals surface area contributed by atoms with E-state index in [1.54, 1.807) is 0 Å². The second-order valence-electron chi connectivity index (χ2n) is 4.35. The maximum Gasteiger partial charge on any atom is 0.340 e. The molecule has 0 amide bonds. The summed E-state index contributed by atoms with van der Waals surface area (Å²) >= 11 is 0. The third-order valence-corrected chi connectivity index (χ3v) is 2.85. The molecule has 0 saturated carbocycles. The van der Waals surface area contributed by atoms with Crippen LogP contribution in [0.25, 0.3) is 0 Å². The zero-order valence-electron chi connectivity index (χ0n) is 11.6. The lowest BCUT2D eigenvalue weighted by Gasteiger charge is -2.13. The van der Waals surface area contributed by atoms with Crippen molar-refractivity contribution in [2.75, 3.05) is 18.5 Å². The summed E-state index contributed by atoms with van der Waals surface area (Å²) in [6, 6.07) is 5.83. The van der Waals surface area contributed by atoms with Crippen LogP contribution in [0.4, 0.5) is 5.69 Å². The van der Waals surface area contributed by atoms with Gasteiger partial charge < -0.3 is 10.1 Å². The van der Waals surface area contributed by atoms with Crippen molar-refractivity contribution in [3.63, 3.8) is 0 Å². The highest BCUT2D eigenvalue weighted by Crippen LogP contribution is 2.20. The van der Waals surface area contributed by atoms with Crippen molar-refractivity contribution in [1.29, 1.82) is 0 Å². The number of hydrogen-bond acceptors (Lipinski definition) is 3. The fraction of sp³-hybridized carbons (Fsp3) is 0.533. The molecule has 0 saturated heterocycles. The van der Waals surface area contributed by atoms with Crippen LogP contribution in [0, 0.1) is 6.92 Å². The van der Waals surface area contributed by atoms with Crippen molar-refractivity contribution < 1.29 is 9.53 Å². The van der Waals surface area contributed by atoms with Crippen LogP contribution in [0.5, 0.6) is 0 Å². The Morgan fingerprint density at radius 1 is 1.28 bits per heavy atom. The van der Waals surface area contributed by atoms with Gasteiger partial charge in [-0.15, -0.1) is 0 Å². The number of nitrogens with one attached hydrogen (secondary N) is 1. The van der Waals surface area contributed by atoms with E-state index < -0.39 is 0 Å². The van der Waals surface area contributed by atoms with Gasteiger partial charge in [-0.2, -0.15) is 0 Å². The fourth-order valence-electron chi connectivity index (χ4n) is 1.89. The third kappa shape index (κ3) is 4.06. The Hall–Kier alpha value is -1.51. The molecule has 3 heteroatoms. The predicted molar refractivity (Wildman–Crippen MR) is 75.2 cm³/mol. The van der Waals surface area contributed by atoms with Gasteiger partial charge in [-0.25, -0.2) is 4.79 Å². The highest BCUT2D eigenvalue weighted by Gasteiger charge is 2.14. The van der Waals surface area contributed by atoms with Crippen LogP contribution in [0.2, 0.25) is 0 Å². The van der Waals surface area contributed by atoms with Crippen LogP contribution in [-0.2, 0) is 4.74 Å². The summed E-state index contributed by atoms with van der Waals surface area (Å²) in [5, 5.41) is 3.33. The number of carbonyl (C=O) groups excluding carboxylic acids is 1. The molecule has 0 aliphatic carbocycles. The van der Waals surface area contributed by atoms with Gasteiger partial charge in [-0.05, 0) is 31.9 Å². The molecule has 1 N–H and O–H groups in total. The molecular weight excluding hydrogens is 226 g/mol. The van der Waals surface area contributed by atoms with Gasteiger partial charge >= 0.3 is 5.97 Å². The molecule has 0 spiro atoms. The molecule has 0 bridgehead atoms. The predicted octanol–water partition coefficient (Wildman–Crippen LogP) is 3.77. The van der Waals surface area contributed by atoms with Crippen molar-refractivity contribution in [2.24, 2.45) is 0 Å². The molecule has 1 aromatic rings. The second kappa shape index (κ2) is 7.75. The lowest BCUT2D eigenvalue weighted by molar-refractivity contribution is 0.0526. The van der Waals surface area contributed by atoms with E-state index in [1.165, 1.54) is 12.8 Å². The Morgan fingerprint density at radius 2 is 2.06 bits per heavy atom. The van der Waals surface area contributed by atoms with Gasteiger partial charge in [0.05, 0.1) is 12.2 Å². The number of benzene rings is 1. The van der Waals surface area contributed by atoms with Gasteiger partial charge in [-0.3, -0.25) is 0 Å². The molecule has 18 heavy (non-hydrogen) atoms. The minimum Gasteiger partial charge on any atom is -0.462 e. The Kier molecular flexibility index (Phi) is 6.26. The van der Waals surface area contributed by atoms with Crippen LogP contribution in [-0.4, -0.2) is 19.1 Å². The molecule has 0 aliphatic rings. The molecule has 0 atom stereocenters. The summed E-state index contributed by atoms with van der Waals surface area (Å²) in [4.78, 5) is 11.9. The second-order valence-corrected chi connectivity index (χ2v) is 4.35. The van der Waals surface area contributed by atoms with Gasteiger partial charge in [-0.1, -0.05) is 31.9 Å². The zero-order valence-corrected chi connectivity index (χ0v) is 11.6. The van der Waals surface area contributed by atoms with Gasteiger partial charge in [0.15, 0.2) is 0 Å². The molecule has 0 radical (unpaired) electrons. The summed E-state index contributed by atoms with van der Waals surface area (Å²) in [6.07, 6.45) is 3.51. The summed E-state index contributed by atoms with van der Waals surface area (Å²) in [5.74, 6) is -0.242. The lowest BCUT2D eigenvalue weighted by atomic mass is 10.1. The van der Waals surface area contributed by atoms with Crippen LogP contribution in [0.15, 0.2) is 18.2 Å². The Morgan fingerprint density at radius 3 is 2.72 bits per heavy atom. The monoisotopic (exact) mass is 249 g/mol. The van der Waals surface area contributed by atoms with Crippen LogP contribution < -0.4 is 5.32 Å². The average molecular weight is 249 g/mol. The normalized spacial score (nSPS) is 10.2. The van der Waals surface area contributed by atoms with Crippen molar-refractivity contribution in [3.8, 4) is 0 Å². The molecule has 1 aromatic carbocycles. The van der Waals surface area contributed by atoms with Crippen LogP contribution >= 0.6 is 0 Å². The van der Waals surface area contributed by atoms with Crippen molar-refractivity contribution in [1.82, 2.24) is 0 Å². The standard InChI is InChI=1S/C15H23NO2/c1-4-6-7-11-16-13-10-8-9-12(3)14(13)15(17)18-5-2/h8-10,16H,4-7,11H2,1-3H3. The average Bonchev–Trinajstić information content (AvgIpc) is 2.35. The lowest BCUT2D eigenvalue weighted by Crippen LogP contribution is -2.12. The van der Waals surface area contributed by atoms with E-state index in [1.807, 2.05) is 32.0 Å². The Bertz CT molecular complexity index is 388. The molecule has 0 heterocycles. The minimum absolute atomic E-state index is 0.242. The number of ether oxygens (including phenoxy) is 1. The van der Waals surface area contributed by atoms with E-state index in [0.29, 0.717) is 12.2 Å². The topological polar surface area (TPSA) is 38.3 Å². The van der Waals surface area contributed by atoms with E-state index in [4.69, 9.17) is 4.74 Å². The number of rotatable bonds is 7. The number of carbonyl (C=O) groups is 1. The molecule has 1 rings (SSSR count). The van der Waals surface area contributed by atoms with E-state index in [0.717, 1.165) is 24.2 Å². The number of hydrogen-bond donors (Lipinski definition) is 1. The largest absolute Gasteiger partial charge is 0.462 e. The molecule has 3 nitrogen and oxygen atoms in total. The molecule has 0 aromatic heterocycles. The summed E-state index contributed by atoms with van der Waals surface area (Å²) < 4.78 is 5.10. The molecule has 0 aliphatic heterocycles. The molecule has 0 fully saturated rings. The first-order valence-corrected chi connectivity index (χ1v) is 6.71. The number of unbranched alkanes of at least 4 members (excludes halogenated alkanes) is 2. The van der Waals surface area contributed by atoms with E-state index in [-0.39, 0.29) is 5.97 Å². The Balaban J connectivity index is 2.77. The van der Waals surface area contributed by atoms with Gasteiger partial charge in [0.2, 0.25) is 0 Å². The van der Waals surface area contributed by atoms with Crippen molar-refractivity contribution in [3.05, 3.63) is 29.3 Å². The highest BCUT2D eigenvalue weighted by molar-refractivity contribution is 5.97. The number of esters is 1. The SMILES string of the molecule is CCCCCNc1cccc(C)c1C(=O)OCC. The number of anilines is 1. The van der Waals surface area contributed by atoms with Crippen molar-refractivity contribution in [2.45, 2.75) is 40.0 Å². The van der Waals surface area contributed by atoms with Gasteiger partial charge in [0.1, 0.15) is 0 Å². The first-order valence-electron chi connectivity index (χ1n) is 6.71. The summed E-state index contributed by atoms with van der Waals surface area (Å²) in [6.45, 7) is 7.23. The smallest absolute Gasteiger partial charge is 0.340 e. The first kappa shape index (κ1) is 14.6. The van der Waals surface area contributed by atoms with Crippen LogP contribution in [0.1, 0.15) is 49.0 Å². The third-order valence-electron chi connectivity index (χ3n) is 2.85. The molecule has 0 unspecified atom stereocenters. The fourth-order valence-corrected chi connectivity index (χ4v) is 1.89. The van der Waals surface area contributed by atoms with Crippen LogP contribution in [0.3, 0.4) is 0 Å². The summed E-state index contributed by atoms with van der Waals surface area (Å²) in [5.41, 5.74) is 2.49. The Labute approximate surface area is 110 Å². The quantitative estimate of drug-likeness (QED) is 0.590. The minimum atomic E-state index is -0.242. The van der Waals surface area contributed by atoms with Gasteiger partial charge in [0, 0.05) is 12.2 Å². The van der Waals surface area contributed by atoms with Crippen molar-refractivity contribution >= 4 is 11.7 Å². The first-order chi connectivity index (χ1) is 8.70. The highest BCUT2D eigenvalue weighted by atomic mass is 16.5. The van der Waals surface area contributed by atoms with E-state index in [2.05, 4.69) is 12.2 Å². The van der Waals surface area contributed by atoms with E-state index >= 15 is 0 Å². The molecular formula is C15H23NO2. The van der Waals surface area contributed by atoms with E-state index in [9.17, 15) is 4.79 Å². The maximum absolute atomic E-state index is 11.9. The molecule has 100 valence electrons. The summed E-state index contributed by atoms with van der Waals surface area (Å²) in [7, 11) is 0. The number of aryl methyl sites for hydroxylation is 1. The maximum atomic E-state index is 11.9. The van der Waals surface area contributed by atoms with Gasteiger partial charge in [0.25, 0.3) is 0 Å². The zero-order chi connectivity index (χ0) is 13.4.